The van der Waals surface area contributed by atoms with Crippen molar-refractivity contribution in [1.29, 1.82) is 0 Å². The summed E-state index contributed by atoms with van der Waals surface area (Å²) in [5, 5.41) is 22.2. The molecule has 4 aromatic rings. The second kappa shape index (κ2) is 50.0. The molecule has 8 N–H and O–H groups in total. The standard InChI is InChI=1S/C93H116F2N16O27/c1-55(28-34-133-38-36-129-5)96-30-11-9-14-68-88(123)101-64-22-18-60(19-23-64)54-138-93(128)111-58(4)70-41-62(95)47-105(70)91(126)67-43-74(132-8)76(45-72(67)111)136-33-13-32-135-75-44-71-66(42-73(75)131-7)90(125)104-46-61(94)40-65(104)48-106(71)92(127)137-53-59-16-20-63(21-17-59)100-89(124)69(15-10-12-31-97-77(112)29-35-134-39-37-130-6)103-87(122)57(3)99-79(114)50-110(85(120)52-108-82(117)26-27-83(108)118)109(49-78(113)98-56(2)86(121)102-68)84(119)51-107-80(115)24-25-81(107)116/h16-27,42-45,56-58,61-62,65,68-70,96H,1,9-15,28-41,46-54H2,2-8H3,(H,97,112)(H,98,113)(H,99,114)(H,100,124)(H,101,123)(H,102,121)(H,103,122)/t56-,57-,58?,61+,62+,65-,68-,69-,70-/m0/s1. The first-order valence-corrected chi connectivity index (χ1v) is 45.2. The van der Waals surface area contributed by atoms with Crippen molar-refractivity contribution in [1.82, 2.24) is 61.5 Å². The van der Waals surface area contributed by atoms with Crippen LogP contribution in [0, 0.1) is 0 Å². The van der Waals surface area contributed by atoms with Crippen LogP contribution >= 0.6 is 0 Å². The number of nitrogens with zero attached hydrogens (tertiary/aromatic N) is 8. The molecule has 14 rings (SSSR count). The second-order valence-corrected chi connectivity index (χ2v) is 33.5. The fourth-order valence-corrected chi connectivity index (χ4v) is 16.1. The molecular formula is C93H116F2N16O27. The van der Waals surface area contributed by atoms with Gasteiger partial charge in [-0.3, -0.25) is 91.5 Å². The van der Waals surface area contributed by atoms with Gasteiger partial charge in [0.25, 0.3) is 47.3 Å². The topological polar surface area (TPSA) is 505 Å². The molecule has 2 saturated heterocycles. The molecule has 10 heterocycles. The minimum atomic E-state index is -1.65. The molecule has 0 aromatic heterocycles. The Morgan fingerprint density at radius 3 is 1.43 bits per heavy atom. The number of nitrogens with one attached hydrogen (secondary N) is 8. The van der Waals surface area contributed by atoms with Gasteiger partial charge in [-0.25, -0.2) is 28.4 Å². The Balaban J connectivity index is 0.897. The number of benzene rings is 4. The van der Waals surface area contributed by atoms with E-state index in [1.54, 1.807) is 14.0 Å². The Labute approximate surface area is 793 Å². The van der Waals surface area contributed by atoms with E-state index in [0.29, 0.717) is 82.5 Å². The molecule has 4 aromatic carbocycles. The number of alkyl halides is 2. The third-order valence-corrected chi connectivity index (χ3v) is 23.6. The first-order valence-electron chi connectivity index (χ1n) is 45.2. The maximum absolute atomic E-state index is 15.5. The number of amides is 17. The van der Waals surface area contributed by atoms with Gasteiger partial charge in [-0.05, 0) is 107 Å². The van der Waals surface area contributed by atoms with Crippen molar-refractivity contribution in [3.63, 3.8) is 0 Å². The van der Waals surface area contributed by atoms with Gasteiger partial charge in [0, 0.05) is 119 Å². The Morgan fingerprint density at radius 1 is 0.493 bits per heavy atom. The summed E-state index contributed by atoms with van der Waals surface area (Å²) in [5.41, 5.74) is 1.77. The quantitative estimate of drug-likeness (QED) is 0.0285. The van der Waals surface area contributed by atoms with E-state index in [1.807, 2.05) is 0 Å². The van der Waals surface area contributed by atoms with Gasteiger partial charge in [-0.2, -0.15) is 0 Å². The Morgan fingerprint density at radius 2 is 0.942 bits per heavy atom. The van der Waals surface area contributed by atoms with Crippen LogP contribution in [0.5, 0.6) is 23.0 Å². The number of fused-ring (bicyclic) bond motifs is 2. The molecule has 138 heavy (non-hydrogen) atoms. The zero-order chi connectivity index (χ0) is 99.4. The molecule has 9 atom stereocenters. The highest BCUT2D eigenvalue weighted by atomic mass is 19.1. The highest BCUT2D eigenvalue weighted by Crippen LogP contribution is 2.44. The number of imide groups is 2. The van der Waals surface area contributed by atoms with E-state index in [0.717, 1.165) is 24.3 Å². The van der Waals surface area contributed by atoms with Crippen molar-refractivity contribution in [2.24, 2.45) is 0 Å². The van der Waals surface area contributed by atoms with Crippen molar-refractivity contribution in [3.8, 4) is 23.0 Å². The van der Waals surface area contributed by atoms with E-state index >= 15 is 8.78 Å². The lowest BCUT2D eigenvalue weighted by molar-refractivity contribution is -0.170. The van der Waals surface area contributed by atoms with Gasteiger partial charge in [0.2, 0.25) is 41.4 Å². The predicted molar refractivity (Wildman–Crippen MR) is 487 cm³/mol. The van der Waals surface area contributed by atoms with E-state index in [4.69, 9.17) is 47.4 Å². The number of hydrogen-bond acceptors (Lipinski definition) is 28. The maximum atomic E-state index is 15.5. The molecule has 45 heteroatoms. The minimum Gasteiger partial charge on any atom is -0.493 e. The number of unbranched alkanes of at least 4 members (excludes halogenated alkanes) is 2. The molecule has 0 aliphatic carbocycles. The SMILES string of the molecule is C=C(CCOCCOC)NCCCC[C@@H]1NC(=O)[C@H](C)NC(=O)CN(C(=O)CN2C(=O)C=CC2=O)N(C(=O)CN2C(=O)C=CC2=O)CC(=O)N[C@@H](C)C(=O)N[C@@H](CCCCNC(=O)CCOCCOC)C(=O)Nc2ccc(cc2)COC(=O)N2C[C@@H]3C[C@@H](F)CN3C(=O)c3cc(OC)c(cc32)OCCCOc2cc3c(cc2OC)C(=O)N2C[C@H](F)C[C@H]2C(C)N3C(=O)OCc2ccc(cc2)NC1=O. The molecule has 8 bridgehead atoms. The summed E-state index contributed by atoms with van der Waals surface area (Å²) in [7, 11) is 5.72. The predicted octanol–water partition coefficient (Wildman–Crippen LogP) is 3.32. The van der Waals surface area contributed by atoms with Crippen LogP contribution in [-0.2, 0) is 104 Å². The first-order chi connectivity index (χ1) is 66.2. The van der Waals surface area contributed by atoms with E-state index in [9.17, 15) is 81.5 Å². The average molecular weight is 1930 g/mol. The lowest BCUT2D eigenvalue weighted by Crippen LogP contribution is -2.61. The largest absolute Gasteiger partial charge is 0.493 e. The molecular weight excluding hydrogens is 1810 g/mol. The van der Waals surface area contributed by atoms with Crippen LogP contribution < -0.4 is 71.3 Å². The zero-order valence-electron chi connectivity index (χ0n) is 77.7. The summed E-state index contributed by atoms with van der Waals surface area (Å²) < 4.78 is 87.8. The van der Waals surface area contributed by atoms with Crippen LogP contribution in [-0.4, -0.2) is 325 Å². The Bertz CT molecular complexity index is 5150. The third kappa shape index (κ3) is 28.0. The van der Waals surface area contributed by atoms with E-state index in [2.05, 4.69) is 49.1 Å². The summed E-state index contributed by atoms with van der Waals surface area (Å²) in [6.07, 6.45) is -0.0574. The highest BCUT2D eigenvalue weighted by Gasteiger charge is 2.49. The van der Waals surface area contributed by atoms with Crippen LogP contribution in [0.3, 0.4) is 0 Å². The number of methoxy groups -OCH3 is 4. The molecule has 10 aliphatic rings. The van der Waals surface area contributed by atoms with Crippen molar-refractivity contribution < 1.29 is 138 Å². The molecule has 43 nitrogen and oxygen atoms in total. The van der Waals surface area contributed by atoms with Crippen LogP contribution in [0.15, 0.2) is 109 Å². The number of hydrazine groups is 1. The summed E-state index contributed by atoms with van der Waals surface area (Å²) >= 11 is 0. The molecule has 2 fully saturated rings. The number of anilines is 4. The van der Waals surface area contributed by atoms with Crippen molar-refractivity contribution >= 4 is 124 Å². The molecule has 0 spiro atoms. The van der Waals surface area contributed by atoms with Crippen molar-refractivity contribution in [3.05, 3.63) is 132 Å². The van der Waals surface area contributed by atoms with Crippen LogP contribution in [0.25, 0.3) is 0 Å². The number of carbonyl (C=O) groups excluding carboxylic acids is 17. The Kier molecular flexibility index (Phi) is 37.8. The third-order valence-electron chi connectivity index (χ3n) is 23.6. The minimum absolute atomic E-state index is 0.0226. The molecule has 0 saturated carbocycles. The lowest BCUT2D eigenvalue weighted by Gasteiger charge is -2.35. The van der Waals surface area contributed by atoms with E-state index < -0.39 is 189 Å². The summed E-state index contributed by atoms with van der Waals surface area (Å²) in [5.74, 6) is -14.3. The monoisotopic (exact) mass is 1930 g/mol. The van der Waals surface area contributed by atoms with E-state index in [1.165, 1.54) is 128 Å². The number of hydrogen-bond donors (Lipinski definition) is 8. The van der Waals surface area contributed by atoms with Crippen LogP contribution in [0.1, 0.15) is 123 Å². The molecule has 1 unspecified atom stereocenters. The van der Waals surface area contributed by atoms with Gasteiger partial charge >= 0.3 is 12.2 Å². The number of ether oxygens (including phenoxy) is 10. The fraction of sp³-hybridized carbons (Fsp3) is 0.495. The van der Waals surface area contributed by atoms with Gasteiger partial charge in [-0.15, -0.1) is 0 Å². The highest BCUT2D eigenvalue weighted by molar-refractivity contribution is 6.16. The van der Waals surface area contributed by atoms with Gasteiger partial charge in [0.15, 0.2) is 23.0 Å². The maximum Gasteiger partial charge on any atom is 0.414 e. The number of halogens is 2. The molecule has 17 amide bonds. The van der Waals surface area contributed by atoms with Gasteiger partial charge in [0.1, 0.15) is 75.9 Å². The van der Waals surface area contributed by atoms with Crippen LogP contribution in [0.4, 0.5) is 41.1 Å². The smallest absolute Gasteiger partial charge is 0.414 e. The van der Waals surface area contributed by atoms with Crippen molar-refractivity contribution in [2.75, 3.05) is 161 Å². The summed E-state index contributed by atoms with van der Waals surface area (Å²) in [4.78, 5) is 246. The number of rotatable bonds is 29. The average Bonchev–Trinajstić information content (AvgIpc) is 1.61. The first kappa shape index (κ1) is 104. The Hall–Kier alpha value is -14.2. The summed E-state index contributed by atoms with van der Waals surface area (Å²) in [6, 6.07) is 9.01. The molecule has 744 valence electrons. The van der Waals surface area contributed by atoms with Crippen molar-refractivity contribution in [2.45, 2.75) is 159 Å². The summed E-state index contributed by atoms with van der Waals surface area (Å²) in [6.45, 7) is 3.54. The lowest BCUT2D eigenvalue weighted by atomic mass is 10.1. The van der Waals surface area contributed by atoms with E-state index in [-0.39, 0.29) is 173 Å². The van der Waals surface area contributed by atoms with Crippen LogP contribution in [0.2, 0.25) is 0 Å². The van der Waals surface area contributed by atoms with Gasteiger partial charge in [0.05, 0.1) is 121 Å². The zero-order valence-corrected chi connectivity index (χ0v) is 77.7. The normalized spacial score (nSPS) is 21.9. The molecule has 10 aliphatic heterocycles. The molecule has 0 radical (unpaired) electrons. The number of carbonyl (C=O) groups is 17. The fourth-order valence-electron chi connectivity index (χ4n) is 16.1. The van der Waals surface area contributed by atoms with Gasteiger partial charge in [-0.1, -0.05) is 30.8 Å². The second-order valence-electron chi connectivity index (χ2n) is 33.5. The van der Waals surface area contributed by atoms with Gasteiger partial charge < -0.3 is 99.7 Å².